The lowest BCUT2D eigenvalue weighted by atomic mass is 10.1. The van der Waals surface area contributed by atoms with E-state index in [0.717, 1.165) is 10.4 Å². The molecule has 0 aliphatic heterocycles. The van der Waals surface area contributed by atoms with Gasteiger partial charge >= 0.3 is 0 Å². The van der Waals surface area contributed by atoms with Crippen molar-refractivity contribution in [1.82, 2.24) is 4.98 Å². The first-order chi connectivity index (χ1) is 9.56. The molecule has 4 N–H and O–H groups in total. The fraction of sp³-hybridized carbons (Fsp3) is 0. The van der Waals surface area contributed by atoms with Crippen LogP contribution >= 0.6 is 11.3 Å². The lowest BCUT2D eigenvalue weighted by Gasteiger charge is -1.99. The van der Waals surface area contributed by atoms with Gasteiger partial charge in [-0.05, 0) is 23.8 Å². The number of nitrogens with zero attached hydrogens (tertiary/aromatic N) is 1. The summed E-state index contributed by atoms with van der Waals surface area (Å²) in [6.07, 6.45) is 1.38. The van der Waals surface area contributed by atoms with E-state index in [1.165, 1.54) is 29.7 Å². The van der Waals surface area contributed by atoms with Gasteiger partial charge in [0.05, 0.1) is 10.3 Å². The Labute approximate surface area is 117 Å². The maximum Gasteiger partial charge on any atom is 0.251 e. The van der Waals surface area contributed by atoms with E-state index in [1.807, 2.05) is 6.07 Å². The molecule has 0 aliphatic carbocycles. The first kappa shape index (κ1) is 12.6. The Morgan fingerprint density at radius 3 is 2.60 bits per heavy atom. The van der Waals surface area contributed by atoms with Gasteiger partial charge in [-0.15, -0.1) is 11.3 Å². The van der Waals surface area contributed by atoms with Gasteiger partial charge in [-0.2, -0.15) is 0 Å². The predicted octanol–water partition coefficient (Wildman–Crippen LogP) is 2.78. The van der Waals surface area contributed by atoms with Crippen LogP contribution in [0.4, 0.5) is 10.2 Å². The molecule has 1 aromatic carbocycles. The summed E-state index contributed by atoms with van der Waals surface area (Å²) in [4.78, 5) is 16.3. The van der Waals surface area contributed by atoms with Crippen molar-refractivity contribution in [2.75, 3.05) is 5.73 Å². The average Bonchev–Trinajstić information content (AvgIpc) is 2.85. The van der Waals surface area contributed by atoms with Crippen LogP contribution in [-0.4, -0.2) is 10.9 Å². The molecule has 2 aromatic heterocycles. The lowest BCUT2D eigenvalue weighted by molar-refractivity contribution is 0.100. The minimum atomic E-state index is -0.546. The van der Waals surface area contributed by atoms with Crippen LogP contribution in [0.15, 0.2) is 36.5 Å². The van der Waals surface area contributed by atoms with Gasteiger partial charge in [0.2, 0.25) is 0 Å². The smallest absolute Gasteiger partial charge is 0.251 e. The number of nitrogen functional groups attached to an aromatic ring is 1. The highest BCUT2D eigenvalue weighted by molar-refractivity contribution is 7.22. The van der Waals surface area contributed by atoms with E-state index in [4.69, 9.17) is 11.5 Å². The Balaban J connectivity index is 2.24. The van der Waals surface area contributed by atoms with Crippen LogP contribution in [0.2, 0.25) is 0 Å². The van der Waals surface area contributed by atoms with Gasteiger partial charge < -0.3 is 11.5 Å². The predicted molar refractivity (Wildman–Crippen MR) is 77.9 cm³/mol. The zero-order valence-electron chi connectivity index (χ0n) is 10.3. The highest BCUT2D eigenvalue weighted by Crippen LogP contribution is 2.37. The van der Waals surface area contributed by atoms with Crippen molar-refractivity contribution in [3.63, 3.8) is 0 Å². The first-order valence-corrected chi connectivity index (χ1v) is 6.61. The van der Waals surface area contributed by atoms with E-state index in [0.29, 0.717) is 21.5 Å². The molecule has 0 radical (unpaired) electrons. The molecule has 3 aromatic rings. The van der Waals surface area contributed by atoms with E-state index in [1.54, 1.807) is 12.1 Å². The Hall–Kier alpha value is -2.47. The number of anilines is 1. The summed E-state index contributed by atoms with van der Waals surface area (Å²) in [5.41, 5.74) is 12.3. The third kappa shape index (κ3) is 2.00. The summed E-state index contributed by atoms with van der Waals surface area (Å²) < 4.78 is 13.7. The van der Waals surface area contributed by atoms with Crippen LogP contribution in [0.3, 0.4) is 0 Å². The average molecular weight is 287 g/mol. The number of amides is 1. The molecule has 0 fully saturated rings. The van der Waals surface area contributed by atoms with Gasteiger partial charge in [0.15, 0.2) is 0 Å². The number of fused-ring (bicyclic) bond motifs is 1. The van der Waals surface area contributed by atoms with Gasteiger partial charge in [-0.1, -0.05) is 12.1 Å². The Kier molecular flexibility index (Phi) is 2.87. The summed E-state index contributed by atoms with van der Waals surface area (Å²) in [6.45, 7) is 0. The summed E-state index contributed by atoms with van der Waals surface area (Å²) >= 11 is 1.38. The molecule has 0 saturated heterocycles. The molecule has 20 heavy (non-hydrogen) atoms. The maximum atomic E-state index is 13.0. The van der Waals surface area contributed by atoms with Crippen molar-refractivity contribution in [2.45, 2.75) is 0 Å². The number of aromatic nitrogens is 1. The lowest BCUT2D eigenvalue weighted by Crippen LogP contribution is -2.11. The van der Waals surface area contributed by atoms with Gasteiger partial charge in [0, 0.05) is 16.5 Å². The van der Waals surface area contributed by atoms with Crippen molar-refractivity contribution in [3.05, 3.63) is 47.9 Å². The van der Waals surface area contributed by atoms with Crippen molar-refractivity contribution in [3.8, 4) is 10.4 Å². The number of rotatable bonds is 2. The molecule has 3 rings (SSSR count). The molecular formula is C14H10FN3OS. The number of thiophene rings is 1. The summed E-state index contributed by atoms with van der Waals surface area (Å²) in [5, 5.41) is 0.686. The number of halogens is 1. The van der Waals surface area contributed by atoms with Crippen molar-refractivity contribution in [2.24, 2.45) is 5.73 Å². The number of carbonyl (C=O) groups excluding carboxylic acids is 1. The largest absolute Gasteiger partial charge is 0.383 e. The van der Waals surface area contributed by atoms with Crippen LogP contribution in [0.5, 0.6) is 0 Å². The number of benzene rings is 1. The molecule has 100 valence electrons. The minimum absolute atomic E-state index is 0.297. The second kappa shape index (κ2) is 4.57. The molecular weight excluding hydrogens is 277 g/mol. The maximum absolute atomic E-state index is 13.0. The third-order valence-electron chi connectivity index (χ3n) is 2.98. The zero-order chi connectivity index (χ0) is 14.3. The molecule has 0 atom stereocenters. The van der Waals surface area contributed by atoms with E-state index in [9.17, 15) is 9.18 Å². The van der Waals surface area contributed by atoms with Crippen LogP contribution in [-0.2, 0) is 0 Å². The third-order valence-corrected chi connectivity index (χ3v) is 4.20. The summed E-state index contributed by atoms with van der Waals surface area (Å²) in [7, 11) is 0. The van der Waals surface area contributed by atoms with E-state index in [2.05, 4.69) is 4.98 Å². The zero-order valence-corrected chi connectivity index (χ0v) is 11.1. The Bertz CT molecular complexity index is 811. The number of primary amides is 1. The van der Waals surface area contributed by atoms with E-state index < -0.39 is 5.91 Å². The number of hydrogen-bond donors (Lipinski definition) is 2. The SMILES string of the molecule is NC(=O)c1cnc(N)c2cc(-c3ccc(F)cc3)sc12. The van der Waals surface area contributed by atoms with E-state index >= 15 is 0 Å². The first-order valence-electron chi connectivity index (χ1n) is 5.80. The minimum Gasteiger partial charge on any atom is -0.383 e. The number of pyridine rings is 1. The molecule has 1 amide bonds. The fourth-order valence-corrected chi connectivity index (χ4v) is 3.16. The second-order valence-electron chi connectivity index (χ2n) is 4.28. The Morgan fingerprint density at radius 2 is 1.95 bits per heavy atom. The van der Waals surface area contributed by atoms with Crippen LogP contribution in [0, 0.1) is 5.82 Å². The van der Waals surface area contributed by atoms with Gasteiger partial charge in [-0.3, -0.25) is 4.79 Å². The molecule has 0 unspecified atom stereocenters. The van der Waals surface area contributed by atoms with Crippen LogP contribution in [0.1, 0.15) is 10.4 Å². The second-order valence-corrected chi connectivity index (χ2v) is 5.33. The van der Waals surface area contributed by atoms with Crippen molar-refractivity contribution in [1.29, 1.82) is 0 Å². The molecule has 0 aliphatic rings. The van der Waals surface area contributed by atoms with Crippen molar-refractivity contribution < 1.29 is 9.18 Å². The highest BCUT2D eigenvalue weighted by Gasteiger charge is 2.14. The summed E-state index contributed by atoms with van der Waals surface area (Å²) in [5.74, 6) is -0.501. The topological polar surface area (TPSA) is 82.0 Å². The number of nitrogens with two attached hydrogens (primary N) is 2. The monoisotopic (exact) mass is 287 g/mol. The Morgan fingerprint density at radius 1 is 1.25 bits per heavy atom. The quantitative estimate of drug-likeness (QED) is 0.760. The van der Waals surface area contributed by atoms with Gasteiger partial charge in [-0.25, -0.2) is 9.37 Å². The van der Waals surface area contributed by atoms with E-state index in [-0.39, 0.29) is 5.82 Å². The molecule has 0 spiro atoms. The number of carbonyl (C=O) groups is 1. The molecule has 0 saturated carbocycles. The molecule has 4 nitrogen and oxygen atoms in total. The van der Waals surface area contributed by atoms with Gasteiger partial charge in [0.1, 0.15) is 11.6 Å². The fourth-order valence-electron chi connectivity index (χ4n) is 1.98. The summed E-state index contributed by atoms with van der Waals surface area (Å²) in [6, 6.07) is 7.95. The van der Waals surface area contributed by atoms with Crippen molar-refractivity contribution >= 4 is 33.1 Å². The molecule has 6 heteroatoms. The van der Waals surface area contributed by atoms with Crippen LogP contribution in [0.25, 0.3) is 20.5 Å². The molecule has 2 heterocycles. The number of hydrogen-bond acceptors (Lipinski definition) is 4. The highest BCUT2D eigenvalue weighted by atomic mass is 32.1. The standard InChI is InChI=1S/C14H10FN3OS/c15-8-3-1-7(2-4-8)11-5-9-12(20-11)10(14(17)19)6-18-13(9)16/h1-6H,(H2,16,18)(H2,17,19). The molecule has 0 bridgehead atoms. The van der Waals surface area contributed by atoms with Gasteiger partial charge in [0.25, 0.3) is 5.91 Å². The normalized spacial score (nSPS) is 10.8. The van der Waals surface area contributed by atoms with Crippen LogP contribution < -0.4 is 11.5 Å².